The van der Waals surface area contributed by atoms with Crippen molar-refractivity contribution in [1.82, 2.24) is 5.32 Å². The van der Waals surface area contributed by atoms with Gasteiger partial charge < -0.3 is 14.5 Å². The maximum atomic E-state index is 14.3. The van der Waals surface area contributed by atoms with E-state index in [9.17, 15) is 4.39 Å². The molecule has 2 rings (SSSR count). The van der Waals surface area contributed by atoms with Gasteiger partial charge in [-0.25, -0.2) is 4.39 Å². The van der Waals surface area contributed by atoms with Crippen molar-refractivity contribution < 1.29 is 13.5 Å². The molecule has 1 aromatic carbocycles. The van der Waals surface area contributed by atoms with Crippen molar-refractivity contribution in [2.24, 2.45) is 0 Å². The van der Waals surface area contributed by atoms with Gasteiger partial charge in [0.2, 0.25) is 0 Å². The van der Waals surface area contributed by atoms with Gasteiger partial charge in [0, 0.05) is 17.2 Å². The van der Waals surface area contributed by atoms with Crippen LogP contribution >= 0.6 is 15.9 Å². The maximum absolute atomic E-state index is 14.3. The number of ether oxygens (including phenoxy) is 1. The van der Waals surface area contributed by atoms with E-state index >= 15 is 0 Å². The van der Waals surface area contributed by atoms with E-state index in [1.165, 1.54) is 13.2 Å². The molecule has 1 N–H and O–H groups in total. The summed E-state index contributed by atoms with van der Waals surface area (Å²) in [5, 5.41) is 3.34. The lowest BCUT2D eigenvalue weighted by atomic mass is 10.0. The first kappa shape index (κ1) is 15.1. The Morgan fingerprint density at radius 1 is 1.35 bits per heavy atom. The van der Waals surface area contributed by atoms with Gasteiger partial charge >= 0.3 is 0 Å². The third-order valence-corrected chi connectivity index (χ3v) is 3.72. The molecule has 0 amide bonds. The van der Waals surface area contributed by atoms with E-state index in [1.54, 1.807) is 18.4 Å². The first-order valence-corrected chi connectivity index (χ1v) is 7.26. The number of methoxy groups -OCH3 is 1. The van der Waals surface area contributed by atoms with E-state index in [2.05, 4.69) is 28.2 Å². The molecule has 0 bridgehead atoms. The zero-order valence-electron chi connectivity index (χ0n) is 11.5. The normalized spacial score (nSPS) is 12.4. The third kappa shape index (κ3) is 3.22. The summed E-state index contributed by atoms with van der Waals surface area (Å²) in [6, 6.07) is 6.47. The van der Waals surface area contributed by atoms with Crippen molar-refractivity contribution in [3.8, 4) is 5.75 Å². The first-order valence-electron chi connectivity index (χ1n) is 6.47. The lowest BCUT2D eigenvalue weighted by molar-refractivity contribution is 0.410. The number of furan rings is 1. The fourth-order valence-corrected chi connectivity index (χ4v) is 2.52. The van der Waals surface area contributed by atoms with Crippen LogP contribution in [0.4, 0.5) is 4.39 Å². The van der Waals surface area contributed by atoms with Crippen molar-refractivity contribution in [2.45, 2.75) is 19.4 Å². The van der Waals surface area contributed by atoms with Crippen molar-refractivity contribution >= 4 is 15.9 Å². The Labute approximate surface area is 126 Å². The molecule has 2 aromatic rings. The average molecular weight is 342 g/mol. The summed E-state index contributed by atoms with van der Waals surface area (Å²) in [6.07, 6.45) is 2.55. The van der Waals surface area contributed by atoms with Gasteiger partial charge in [0.15, 0.2) is 4.67 Å². The molecule has 3 nitrogen and oxygen atoms in total. The minimum absolute atomic E-state index is 0.256. The molecular formula is C15H17BrFNO2. The highest BCUT2D eigenvalue weighted by Crippen LogP contribution is 2.32. The highest BCUT2D eigenvalue weighted by Gasteiger charge is 2.21. The standard InChI is InChI=1S/C15H17BrFNO2/c1-3-7-18-14(12-6-8-20-15(12)16)11-5-4-10(19-2)9-13(11)17/h4-6,8-9,14,18H,3,7H2,1-2H3. The number of nitrogens with one attached hydrogen (secondary N) is 1. The van der Waals surface area contributed by atoms with Crippen LogP contribution in [-0.4, -0.2) is 13.7 Å². The van der Waals surface area contributed by atoms with E-state index in [0.717, 1.165) is 18.5 Å². The van der Waals surface area contributed by atoms with Gasteiger partial charge in [0.1, 0.15) is 11.6 Å². The monoisotopic (exact) mass is 341 g/mol. The molecule has 1 aromatic heterocycles. The fraction of sp³-hybridized carbons (Fsp3) is 0.333. The van der Waals surface area contributed by atoms with Crippen LogP contribution in [0.2, 0.25) is 0 Å². The molecule has 5 heteroatoms. The van der Waals surface area contributed by atoms with E-state index < -0.39 is 0 Å². The summed E-state index contributed by atoms with van der Waals surface area (Å²) < 4.78 is 25.2. The van der Waals surface area contributed by atoms with Crippen LogP contribution in [0, 0.1) is 5.82 Å². The van der Waals surface area contributed by atoms with Gasteiger partial charge in [-0.15, -0.1) is 0 Å². The lowest BCUT2D eigenvalue weighted by Gasteiger charge is -2.19. The summed E-state index contributed by atoms with van der Waals surface area (Å²) in [7, 11) is 1.52. The smallest absolute Gasteiger partial charge is 0.174 e. The number of hydrogen-bond donors (Lipinski definition) is 1. The molecule has 0 aliphatic heterocycles. The summed E-state index contributed by atoms with van der Waals surface area (Å²) in [5.41, 5.74) is 1.45. The van der Waals surface area contributed by atoms with Gasteiger partial charge in [-0.3, -0.25) is 0 Å². The zero-order chi connectivity index (χ0) is 14.5. The SMILES string of the molecule is CCCNC(c1ccc(OC)cc1F)c1ccoc1Br. The molecular weight excluding hydrogens is 325 g/mol. The molecule has 0 radical (unpaired) electrons. The molecule has 0 aliphatic rings. The Bertz CT molecular complexity index is 571. The number of benzene rings is 1. The number of hydrogen-bond acceptors (Lipinski definition) is 3. The van der Waals surface area contributed by atoms with E-state index in [4.69, 9.17) is 9.15 Å². The van der Waals surface area contributed by atoms with Gasteiger partial charge in [0.05, 0.1) is 19.4 Å². The van der Waals surface area contributed by atoms with Crippen LogP contribution in [-0.2, 0) is 0 Å². The van der Waals surface area contributed by atoms with Crippen LogP contribution in [0.1, 0.15) is 30.5 Å². The van der Waals surface area contributed by atoms with Gasteiger partial charge in [-0.1, -0.05) is 13.0 Å². The molecule has 1 unspecified atom stereocenters. The van der Waals surface area contributed by atoms with Gasteiger partial charge in [0.25, 0.3) is 0 Å². The molecule has 0 fully saturated rings. The van der Waals surface area contributed by atoms with Crippen molar-refractivity contribution in [3.63, 3.8) is 0 Å². The second-order valence-electron chi connectivity index (χ2n) is 4.42. The Kier molecular flexibility index (Phi) is 5.20. The second-order valence-corrected chi connectivity index (χ2v) is 5.14. The Morgan fingerprint density at radius 2 is 2.15 bits per heavy atom. The molecule has 20 heavy (non-hydrogen) atoms. The lowest BCUT2D eigenvalue weighted by Crippen LogP contribution is -2.24. The van der Waals surface area contributed by atoms with Crippen LogP contribution in [0.3, 0.4) is 0 Å². The molecule has 0 aliphatic carbocycles. The molecule has 0 saturated carbocycles. The Morgan fingerprint density at radius 3 is 2.70 bits per heavy atom. The van der Waals surface area contributed by atoms with Crippen LogP contribution in [0.5, 0.6) is 5.75 Å². The van der Waals surface area contributed by atoms with Crippen LogP contribution < -0.4 is 10.1 Å². The fourth-order valence-electron chi connectivity index (χ4n) is 2.06. The Balaban J connectivity index is 2.38. The Hall–Kier alpha value is -1.33. The highest BCUT2D eigenvalue weighted by atomic mass is 79.9. The van der Waals surface area contributed by atoms with E-state index in [0.29, 0.717) is 16.0 Å². The molecule has 1 heterocycles. The predicted octanol–water partition coefficient (Wildman–Crippen LogP) is 4.28. The first-order chi connectivity index (χ1) is 9.67. The number of rotatable bonds is 6. The summed E-state index contributed by atoms with van der Waals surface area (Å²) in [4.78, 5) is 0. The van der Waals surface area contributed by atoms with Crippen molar-refractivity contribution in [3.05, 3.63) is 52.1 Å². The van der Waals surface area contributed by atoms with Crippen molar-refractivity contribution in [1.29, 1.82) is 0 Å². The molecule has 1 atom stereocenters. The predicted molar refractivity (Wildman–Crippen MR) is 79.5 cm³/mol. The molecule has 108 valence electrons. The van der Waals surface area contributed by atoms with Gasteiger partial charge in [-0.2, -0.15) is 0 Å². The van der Waals surface area contributed by atoms with Crippen molar-refractivity contribution in [2.75, 3.05) is 13.7 Å². The van der Waals surface area contributed by atoms with E-state index in [1.807, 2.05) is 6.07 Å². The van der Waals surface area contributed by atoms with E-state index in [-0.39, 0.29) is 11.9 Å². The highest BCUT2D eigenvalue weighted by molar-refractivity contribution is 9.10. The summed E-state index contributed by atoms with van der Waals surface area (Å²) in [6.45, 7) is 2.85. The minimum atomic E-state index is -0.300. The quantitative estimate of drug-likeness (QED) is 0.851. The second kappa shape index (κ2) is 6.90. The molecule has 0 spiro atoms. The average Bonchev–Trinajstić information content (AvgIpc) is 2.87. The number of halogens is 2. The van der Waals surface area contributed by atoms with Crippen LogP contribution in [0.15, 0.2) is 39.6 Å². The molecule has 0 saturated heterocycles. The topological polar surface area (TPSA) is 34.4 Å². The zero-order valence-corrected chi connectivity index (χ0v) is 13.0. The third-order valence-electron chi connectivity index (χ3n) is 3.07. The largest absolute Gasteiger partial charge is 0.497 e. The van der Waals surface area contributed by atoms with Gasteiger partial charge in [-0.05, 0) is 41.0 Å². The summed E-state index contributed by atoms with van der Waals surface area (Å²) in [5.74, 6) is 0.206. The summed E-state index contributed by atoms with van der Waals surface area (Å²) >= 11 is 3.36. The minimum Gasteiger partial charge on any atom is -0.497 e. The maximum Gasteiger partial charge on any atom is 0.174 e. The van der Waals surface area contributed by atoms with Crippen LogP contribution in [0.25, 0.3) is 0 Å².